The van der Waals surface area contributed by atoms with Crippen molar-refractivity contribution in [3.8, 4) is 0 Å². The average Bonchev–Trinajstić information content (AvgIpc) is 2.94. The Hall–Kier alpha value is -2.46. The smallest absolute Gasteiger partial charge is 0.249 e. The van der Waals surface area contributed by atoms with Crippen LogP contribution in [-0.4, -0.2) is 17.7 Å². The number of rotatable bonds is 3. The van der Waals surface area contributed by atoms with Crippen molar-refractivity contribution in [2.24, 2.45) is 5.73 Å². The second-order valence-electron chi connectivity index (χ2n) is 5.56. The average molecular weight is 294 g/mol. The maximum Gasteiger partial charge on any atom is 0.249 e. The van der Waals surface area contributed by atoms with E-state index in [0.717, 1.165) is 16.8 Å². The summed E-state index contributed by atoms with van der Waals surface area (Å²) >= 11 is 0. The van der Waals surface area contributed by atoms with Crippen LogP contribution >= 0.6 is 0 Å². The van der Waals surface area contributed by atoms with Gasteiger partial charge in [-0.2, -0.15) is 0 Å². The van der Waals surface area contributed by atoms with E-state index < -0.39 is 12.1 Å². The number of fused-ring (bicyclic) bond motifs is 1. The van der Waals surface area contributed by atoms with Gasteiger partial charge in [-0.1, -0.05) is 48.5 Å². The highest BCUT2D eigenvalue weighted by molar-refractivity contribution is 6.05. The van der Waals surface area contributed by atoms with E-state index in [0.29, 0.717) is 6.42 Å². The fourth-order valence-corrected chi connectivity index (χ4v) is 2.94. The van der Waals surface area contributed by atoms with Crippen LogP contribution in [0.15, 0.2) is 54.6 Å². The molecule has 0 saturated carbocycles. The van der Waals surface area contributed by atoms with Crippen LogP contribution < -0.4 is 10.6 Å². The fraction of sp³-hybridized carbons (Fsp3) is 0.222. The van der Waals surface area contributed by atoms with E-state index in [1.807, 2.05) is 54.6 Å². The van der Waals surface area contributed by atoms with E-state index in [2.05, 4.69) is 0 Å². The molecule has 0 spiro atoms. The molecule has 0 radical (unpaired) electrons. The van der Waals surface area contributed by atoms with Crippen LogP contribution in [0, 0.1) is 0 Å². The molecule has 0 aliphatic carbocycles. The molecule has 3 rings (SSSR count). The summed E-state index contributed by atoms with van der Waals surface area (Å²) in [7, 11) is 0. The van der Waals surface area contributed by atoms with Gasteiger partial charge in [0.15, 0.2) is 5.78 Å². The summed E-state index contributed by atoms with van der Waals surface area (Å²) < 4.78 is 0. The molecule has 4 heteroatoms. The third kappa shape index (κ3) is 2.42. The molecule has 1 amide bonds. The van der Waals surface area contributed by atoms with E-state index in [-0.39, 0.29) is 11.7 Å². The molecule has 1 aliphatic heterocycles. The van der Waals surface area contributed by atoms with E-state index in [4.69, 9.17) is 5.73 Å². The normalized spacial score (nSPS) is 17.9. The second kappa shape index (κ2) is 5.73. The predicted molar refractivity (Wildman–Crippen MR) is 85.5 cm³/mol. The largest absolute Gasteiger partial charge is 0.316 e. The summed E-state index contributed by atoms with van der Waals surface area (Å²) in [4.78, 5) is 26.4. The molecule has 2 aromatic carbocycles. The highest BCUT2D eigenvalue weighted by atomic mass is 16.2. The first kappa shape index (κ1) is 14.5. The summed E-state index contributed by atoms with van der Waals surface area (Å²) in [6.07, 6.45) is 0.554. The van der Waals surface area contributed by atoms with Gasteiger partial charge >= 0.3 is 0 Å². The Morgan fingerprint density at radius 3 is 2.41 bits per heavy atom. The van der Waals surface area contributed by atoms with Gasteiger partial charge in [0.1, 0.15) is 6.04 Å². The number of hydrogen-bond donors (Lipinski definition) is 1. The van der Waals surface area contributed by atoms with Gasteiger partial charge in [-0.05, 0) is 24.1 Å². The van der Waals surface area contributed by atoms with Crippen LogP contribution in [0.4, 0.5) is 5.69 Å². The third-order valence-corrected chi connectivity index (χ3v) is 4.11. The molecular weight excluding hydrogens is 276 g/mol. The monoisotopic (exact) mass is 294 g/mol. The molecule has 2 atom stereocenters. The maximum absolute atomic E-state index is 12.9. The highest BCUT2D eigenvalue weighted by Gasteiger charge is 2.38. The Kier molecular flexibility index (Phi) is 3.77. The minimum absolute atomic E-state index is 0.0233. The molecular formula is C18H18N2O2. The van der Waals surface area contributed by atoms with Crippen LogP contribution in [0.25, 0.3) is 0 Å². The van der Waals surface area contributed by atoms with Gasteiger partial charge < -0.3 is 5.73 Å². The first-order chi connectivity index (χ1) is 10.6. The quantitative estimate of drug-likeness (QED) is 0.944. The SMILES string of the molecule is CC(=O)[C@@H]1Cc2ccccc2N1C(=O)[C@@H](N)c1ccccc1. The van der Waals surface area contributed by atoms with Crippen molar-refractivity contribution in [3.63, 3.8) is 0 Å². The van der Waals surface area contributed by atoms with Crippen molar-refractivity contribution < 1.29 is 9.59 Å². The van der Waals surface area contributed by atoms with Gasteiger partial charge in [0.25, 0.3) is 0 Å². The van der Waals surface area contributed by atoms with E-state index in [1.54, 1.807) is 4.90 Å². The Morgan fingerprint density at radius 1 is 1.09 bits per heavy atom. The predicted octanol–water partition coefficient (Wildman–Crippen LogP) is 2.23. The Morgan fingerprint density at radius 2 is 1.73 bits per heavy atom. The first-order valence-electron chi connectivity index (χ1n) is 7.31. The molecule has 22 heavy (non-hydrogen) atoms. The third-order valence-electron chi connectivity index (χ3n) is 4.11. The lowest BCUT2D eigenvalue weighted by molar-refractivity contribution is -0.124. The zero-order valence-corrected chi connectivity index (χ0v) is 12.4. The zero-order chi connectivity index (χ0) is 15.7. The Balaban J connectivity index is 1.97. The van der Waals surface area contributed by atoms with E-state index in [1.165, 1.54) is 6.92 Å². The number of ketones is 1. The molecule has 0 fully saturated rings. The topological polar surface area (TPSA) is 63.4 Å². The lowest BCUT2D eigenvalue weighted by Crippen LogP contribution is -2.46. The van der Waals surface area contributed by atoms with Crippen molar-refractivity contribution in [1.29, 1.82) is 0 Å². The van der Waals surface area contributed by atoms with Crippen molar-refractivity contribution in [1.82, 2.24) is 0 Å². The summed E-state index contributed by atoms with van der Waals surface area (Å²) in [5.74, 6) is -0.263. The van der Waals surface area contributed by atoms with Gasteiger partial charge in [0, 0.05) is 12.1 Å². The number of Topliss-reactive ketones (excluding diaryl/α,β-unsaturated/α-hetero) is 1. The number of anilines is 1. The lowest BCUT2D eigenvalue weighted by atomic mass is 10.0. The minimum atomic E-state index is -0.769. The first-order valence-corrected chi connectivity index (χ1v) is 7.31. The van der Waals surface area contributed by atoms with Crippen LogP contribution in [-0.2, 0) is 16.0 Å². The molecule has 1 aliphatic rings. The zero-order valence-electron chi connectivity index (χ0n) is 12.4. The summed E-state index contributed by atoms with van der Waals surface area (Å²) in [5, 5.41) is 0. The van der Waals surface area contributed by atoms with Gasteiger partial charge in [-0.15, -0.1) is 0 Å². The van der Waals surface area contributed by atoms with Gasteiger partial charge in [-0.25, -0.2) is 0 Å². The van der Waals surface area contributed by atoms with Crippen molar-refractivity contribution in [3.05, 3.63) is 65.7 Å². The lowest BCUT2D eigenvalue weighted by Gasteiger charge is -2.26. The number of nitrogens with zero attached hydrogens (tertiary/aromatic N) is 1. The molecule has 2 N–H and O–H groups in total. The van der Waals surface area contributed by atoms with Crippen LogP contribution in [0.1, 0.15) is 24.1 Å². The van der Waals surface area contributed by atoms with Crippen LogP contribution in [0.2, 0.25) is 0 Å². The standard InChI is InChI=1S/C18H18N2O2/c1-12(21)16-11-14-9-5-6-10-15(14)20(16)18(22)17(19)13-7-3-2-4-8-13/h2-10,16-17H,11,19H2,1H3/t16-,17-/m0/s1. The molecule has 1 heterocycles. The van der Waals surface area contributed by atoms with Gasteiger partial charge in [0.2, 0.25) is 5.91 Å². The number of hydrogen-bond acceptors (Lipinski definition) is 3. The minimum Gasteiger partial charge on any atom is -0.316 e. The molecule has 112 valence electrons. The Bertz CT molecular complexity index is 712. The molecule has 0 bridgehead atoms. The number of carbonyl (C=O) groups is 2. The van der Waals surface area contributed by atoms with Crippen molar-refractivity contribution >= 4 is 17.4 Å². The summed E-state index contributed by atoms with van der Waals surface area (Å²) in [6.45, 7) is 1.52. The van der Waals surface area contributed by atoms with Gasteiger partial charge in [-0.3, -0.25) is 14.5 Å². The summed E-state index contributed by atoms with van der Waals surface area (Å²) in [5.41, 5.74) is 8.69. The van der Waals surface area contributed by atoms with Gasteiger partial charge in [0.05, 0.1) is 6.04 Å². The fourth-order valence-electron chi connectivity index (χ4n) is 2.94. The molecule has 0 saturated heterocycles. The van der Waals surface area contributed by atoms with E-state index in [9.17, 15) is 9.59 Å². The van der Waals surface area contributed by atoms with Crippen LogP contribution in [0.3, 0.4) is 0 Å². The van der Waals surface area contributed by atoms with Crippen molar-refractivity contribution in [2.75, 3.05) is 4.90 Å². The van der Waals surface area contributed by atoms with Crippen LogP contribution in [0.5, 0.6) is 0 Å². The summed E-state index contributed by atoms with van der Waals surface area (Å²) in [6, 6.07) is 15.6. The molecule has 2 aromatic rings. The highest BCUT2D eigenvalue weighted by Crippen LogP contribution is 2.34. The maximum atomic E-state index is 12.9. The number of para-hydroxylation sites is 1. The van der Waals surface area contributed by atoms with E-state index >= 15 is 0 Å². The molecule has 4 nitrogen and oxygen atoms in total. The number of amides is 1. The Labute approximate surface area is 129 Å². The number of carbonyl (C=O) groups excluding carboxylic acids is 2. The molecule has 0 unspecified atom stereocenters. The number of nitrogens with two attached hydrogens (primary N) is 1. The second-order valence-corrected chi connectivity index (χ2v) is 5.56. The molecule has 0 aromatic heterocycles. The van der Waals surface area contributed by atoms with Crippen molar-refractivity contribution in [2.45, 2.75) is 25.4 Å². The number of benzene rings is 2.